The standard InChI is InChI=1S/C14H29NO2S/c1-12(2)18(16,17)10-9-14(11-15)7-5-13(3,4)6-8-14/h12H,5-11,15H2,1-4H3. The van der Waals surface area contributed by atoms with Crippen LogP contribution in [0.2, 0.25) is 0 Å². The van der Waals surface area contributed by atoms with E-state index in [-0.39, 0.29) is 10.7 Å². The Morgan fingerprint density at radius 3 is 2.00 bits per heavy atom. The Morgan fingerprint density at radius 1 is 1.11 bits per heavy atom. The molecule has 0 saturated heterocycles. The molecule has 0 spiro atoms. The minimum atomic E-state index is -2.93. The smallest absolute Gasteiger partial charge is 0.152 e. The molecule has 2 N–H and O–H groups in total. The van der Waals surface area contributed by atoms with Gasteiger partial charge in [0.05, 0.1) is 11.0 Å². The van der Waals surface area contributed by atoms with Gasteiger partial charge in [-0.2, -0.15) is 0 Å². The van der Waals surface area contributed by atoms with Gasteiger partial charge >= 0.3 is 0 Å². The fourth-order valence-electron chi connectivity index (χ4n) is 2.61. The van der Waals surface area contributed by atoms with Crippen molar-refractivity contribution in [3.8, 4) is 0 Å². The lowest BCUT2D eigenvalue weighted by atomic mass is 9.64. The summed E-state index contributed by atoms with van der Waals surface area (Å²) < 4.78 is 23.8. The van der Waals surface area contributed by atoms with Crippen molar-refractivity contribution in [2.45, 2.75) is 65.0 Å². The van der Waals surface area contributed by atoms with Crippen LogP contribution in [0.1, 0.15) is 59.8 Å². The second-order valence-corrected chi connectivity index (χ2v) is 9.71. The maximum atomic E-state index is 11.9. The van der Waals surface area contributed by atoms with Gasteiger partial charge in [0.1, 0.15) is 0 Å². The average molecular weight is 275 g/mol. The SMILES string of the molecule is CC(C)S(=O)(=O)CCC1(CN)CCC(C)(C)CC1. The molecule has 0 amide bonds. The Bertz CT molecular complexity index is 361. The molecule has 0 atom stereocenters. The van der Waals surface area contributed by atoms with Crippen molar-refractivity contribution in [3.05, 3.63) is 0 Å². The predicted octanol–water partition coefficient (Wildman–Crippen LogP) is 2.75. The molecule has 0 aromatic heterocycles. The van der Waals surface area contributed by atoms with Gasteiger partial charge in [-0.25, -0.2) is 8.42 Å². The normalized spacial score (nSPS) is 23.2. The number of rotatable bonds is 5. The molecule has 0 aromatic carbocycles. The van der Waals surface area contributed by atoms with Crippen LogP contribution in [0.3, 0.4) is 0 Å². The van der Waals surface area contributed by atoms with Gasteiger partial charge < -0.3 is 5.73 Å². The monoisotopic (exact) mass is 275 g/mol. The molecule has 18 heavy (non-hydrogen) atoms. The summed E-state index contributed by atoms with van der Waals surface area (Å²) in [4.78, 5) is 0. The van der Waals surface area contributed by atoms with E-state index in [1.54, 1.807) is 13.8 Å². The molecule has 0 aliphatic heterocycles. The molecule has 4 heteroatoms. The van der Waals surface area contributed by atoms with Gasteiger partial charge in [-0.05, 0) is 63.3 Å². The molecule has 0 unspecified atom stereocenters. The molecular formula is C14H29NO2S. The molecule has 1 aliphatic rings. The third-order valence-electron chi connectivity index (χ3n) is 4.73. The zero-order valence-corrected chi connectivity index (χ0v) is 13.1. The summed E-state index contributed by atoms with van der Waals surface area (Å²) >= 11 is 0. The van der Waals surface area contributed by atoms with Crippen LogP contribution in [0.4, 0.5) is 0 Å². The van der Waals surface area contributed by atoms with E-state index in [0.29, 0.717) is 17.7 Å². The fourth-order valence-corrected chi connectivity index (χ4v) is 3.80. The summed E-state index contributed by atoms with van der Waals surface area (Å²) in [5, 5.41) is -0.271. The van der Waals surface area contributed by atoms with Crippen LogP contribution in [-0.4, -0.2) is 26.0 Å². The summed E-state index contributed by atoms with van der Waals surface area (Å²) in [7, 11) is -2.93. The van der Waals surface area contributed by atoms with E-state index >= 15 is 0 Å². The summed E-state index contributed by atoms with van der Waals surface area (Å²) in [6.45, 7) is 8.72. The Morgan fingerprint density at radius 2 is 1.61 bits per heavy atom. The van der Waals surface area contributed by atoms with Crippen LogP contribution >= 0.6 is 0 Å². The maximum absolute atomic E-state index is 11.9. The van der Waals surface area contributed by atoms with Gasteiger partial charge in [0, 0.05) is 0 Å². The van der Waals surface area contributed by atoms with Gasteiger partial charge in [-0.1, -0.05) is 13.8 Å². The van der Waals surface area contributed by atoms with Crippen molar-refractivity contribution in [2.24, 2.45) is 16.6 Å². The third kappa shape index (κ3) is 3.95. The Balaban J connectivity index is 2.64. The van der Waals surface area contributed by atoms with Crippen LogP contribution in [0.25, 0.3) is 0 Å². The molecular weight excluding hydrogens is 246 g/mol. The predicted molar refractivity (Wildman–Crippen MR) is 77.3 cm³/mol. The number of sulfone groups is 1. The van der Waals surface area contributed by atoms with E-state index in [1.807, 2.05) is 0 Å². The number of nitrogens with two attached hydrogens (primary N) is 1. The van der Waals surface area contributed by atoms with Crippen molar-refractivity contribution in [1.82, 2.24) is 0 Å². The first-order chi connectivity index (χ1) is 8.13. The summed E-state index contributed by atoms with van der Waals surface area (Å²) in [6, 6.07) is 0. The topological polar surface area (TPSA) is 60.2 Å². The summed E-state index contributed by atoms with van der Waals surface area (Å²) in [5.41, 5.74) is 6.40. The molecule has 1 fully saturated rings. The highest BCUT2D eigenvalue weighted by Gasteiger charge is 2.38. The second kappa shape index (κ2) is 5.49. The van der Waals surface area contributed by atoms with Crippen LogP contribution < -0.4 is 5.73 Å². The Kier molecular flexibility index (Phi) is 4.87. The van der Waals surface area contributed by atoms with Gasteiger partial charge in [-0.3, -0.25) is 0 Å². The first-order valence-electron chi connectivity index (χ1n) is 7.04. The molecule has 3 nitrogen and oxygen atoms in total. The van der Waals surface area contributed by atoms with Crippen molar-refractivity contribution in [2.75, 3.05) is 12.3 Å². The third-order valence-corrected chi connectivity index (χ3v) is 6.94. The van der Waals surface area contributed by atoms with Crippen molar-refractivity contribution in [1.29, 1.82) is 0 Å². The minimum Gasteiger partial charge on any atom is -0.330 e. The summed E-state index contributed by atoms with van der Waals surface area (Å²) in [5.74, 6) is 0.294. The lowest BCUT2D eigenvalue weighted by Gasteiger charge is -2.43. The van der Waals surface area contributed by atoms with Crippen LogP contribution in [-0.2, 0) is 9.84 Å². The quantitative estimate of drug-likeness (QED) is 0.839. The second-order valence-electron chi connectivity index (χ2n) is 7.03. The van der Waals surface area contributed by atoms with Gasteiger partial charge in [0.15, 0.2) is 9.84 Å². The molecule has 0 heterocycles. The van der Waals surface area contributed by atoms with E-state index < -0.39 is 9.84 Å². The number of hydrogen-bond acceptors (Lipinski definition) is 3. The summed E-state index contributed by atoms with van der Waals surface area (Å²) in [6.07, 6.45) is 5.20. The maximum Gasteiger partial charge on any atom is 0.152 e. The lowest BCUT2D eigenvalue weighted by Crippen LogP contribution is -2.39. The molecule has 1 rings (SSSR count). The van der Waals surface area contributed by atoms with Gasteiger partial charge in [0.2, 0.25) is 0 Å². The number of hydrogen-bond donors (Lipinski definition) is 1. The Hall–Kier alpha value is -0.0900. The van der Waals surface area contributed by atoms with Crippen molar-refractivity contribution < 1.29 is 8.42 Å². The van der Waals surface area contributed by atoms with Crippen LogP contribution in [0, 0.1) is 10.8 Å². The zero-order chi connectivity index (χ0) is 14.0. The lowest BCUT2D eigenvalue weighted by molar-refractivity contribution is 0.105. The zero-order valence-electron chi connectivity index (χ0n) is 12.3. The largest absolute Gasteiger partial charge is 0.330 e. The highest BCUT2D eigenvalue weighted by Crippen LogP contribution is 2.46. The highest BCUT2D eigenvalue weighted by molar-refractivity contribution is 7.91. The molecule has 1 aliphatic carbocycles. The Labute approximate surface area is 112 Å². The molecule has 1 saturated carbocycles. The molecule has 108 valence electrons. The van der Waals surface area contributed by atoms with E-state index in [2.05, 4.69) is 13.8 Å². The minimum absolute atomic E-state index is 0.0669. The molecule has 0 aromatic rings. The van der Waals surface area contributed by atoms with Crippen molar-refractivity contribution in [3.63, 3.8) is 0 Å². The highest BCUT2D eigenvalue weighted by atomic mass is 32.2. The van der Waals surface area contributed by atoms with E-state index in [9.17, 15) is 8.42 Å². The fraction of sp³-hybridized carbons (Fsp3) is 1.00. The van der Waals surface area contributed by atoms with Crippen LogP contribution in [0.15, 0.2) is 0 Å². The first kappa shape index (κ1) is 16.0. The average Bonchev–Trinajstić information content (AvgIpc) is 2.28. The first-order valence-corrected chi connectivity index (χ1v) is 8.76. The van der Waals surface area contributed by atoms with Gasteiger partial charge in [-0.15, -0.1) is 0 Å². The molecule has 0 radical (unpaired) electrons. The van der Waals surface area contributed by atoms with E-state index in [4.69, 9.17) is 5.73 Å². The van der Waals surface area contributed by atoms with E-state index in [1.165, 1.54) is 0 Å². The van der Waals surface area contributed by atoms with Crippen LogP contribution in [0.5, 0.6) is 0 Å². The van der Waals surface area contributed by atoms with Gasteiger partial charge in [0.25, 0.3) is 0 Å². The molecule has 0 bridgehead atoms. The van der Waals surface area contributed by atoms with Crippen molar-refractivity contribution >= 4 is 9.84 Å². The van der Waals surface area contributed by atoms with E-state index in [0.717, 1.165) is 32.1 Å².